The van der Waals surface area contributed by atoms with Crippen molar-refractivity contribution in [2.75, 3.05) is 13.2 Å². The Bertz CT molecular complexity index is 198. The standard InChI is InChI=1S/C8H13F3O3/c1-4-13-6(12)7(2,3)5-14-8(9,10)11/h4-5H2,1-3H3. The van der Waals surface area contributed by atoms with Crippen LogP contribution in [0.4, 0.5) is 13.2 Å². The molecule has 3 nitrogen and oxygen atoms in total. The van der Waals surface area contributed by atoms with Gasteiger partial charge in [0.2, 0.25) is 0 Å². The topological polar surface area (TPSA) is 35.5 Å². The second-order valence-electron chi connectivity index (χ2n) is 3.34. The Labute approximate surface area is 80.2 Å². The van der Waals surface area contributed by atoms with E-state index in [1.54, 1.807) is 6.92 Å². The van der Waals surface area contributed by atoms with Gasteiger partial charge in [-0.25, -0.2) is 0 Å². The van der Waals surface area contributed by atoms with E-state index in [2.05, 4.69) is 9.47 Å². The Morgan fingerprint density at radius 3 is 2.14 bits per heavy atom. The van der Waals surface area contributed by atoms with Gasteiger partial charge in [-0.3, -0.25) is 9.53 Å². The Kier molecular flexibility index (Phi) is 4.38. The van der Waals surface area contributed by atoms with E-state index >= 15 is 0 Å². The molecule has 0 aromatic rings. The zero-order valence-corrected chi connectivity index (χ0v) is 8.27. The molecule has 0 saturated carbocycles. The summed E-state index contributed by atoms with van der Waals surface area (Å²) in [6.45, 7) is 3.63. The van der Waals surface area contributed by atoms with Crippen molar-refractivity contribution in [1.82, 2.24) is 0 Å². The molecule has 0 heterocycles. The van der Waals surface area contributed by atoms with Gasteiger partial charge >= 0.3 is 12.3 Å². The van der Waals surface area contributed by atoms with Gasteiger partial charge < -0.3 is 4.74 Å². The summed E-state index contributed by atoms with van der Waals surface area (Å²) in [4.78, 5) is 11.1. The molecule has 0 aromatic carbocycles. The normalized spacial score (nSPS) is 12.7. The van der Waals surface area contributed by atoms with Gasteiger partial charge in [0.05, 0.1) is 18.6 Å². The van der Waals surface area contributed by atoms with Gasteiger partial charge in [-0.15, -0.1) is 13.2 Å². The molecular weight excluding hydrogens is 201 g/mol. The fourth-order valence-corrected chi connectivity index (χ4v) is 0.648. The second-order valence-corrected chi connectivity index (χ2v) is 3.34. The lowest BCUT2D eigenvalue weighted by atomic mass is 9.95. The summed E-state index contributed by atoms with van der Waals surface area (Å²) in [5.41, 5.74) is -1.29. The van der Waals surface area contributed by atoms with Gasteiger partial charge in [0.25, 0.3) is 0 Å². The van der Waals surface area contributed by atoms with Crippen LogP contribution in [-0.2, 0) is 14.3 Å². The van der Waals surface area contributed by atoms with E-state index in [0.29, 0.717) is 0 Å². The second kappa shape index (κ2) is 4.63. The van der Waals surface area contributed by atoms with Gasteiger partial charge in [-0.05, 0) is 20.8 Å². The van der Waals surface area contributed by atoms with Crippen molar-refractivity contribution in [3.63, 3.8) is 0 Å². The van der Waals surface area contributed by atoms with Crippen LogP contribution in [0.15, 0.2) is 0 Å². The summed E-state index contributed by atoms with van der Waals surface area (Å²) in [6.07, 6.45) is -4.72. The number of esters is 1. The summed E-state index contributed by atoms with van der Waals surface area (Å²) in [5, 5.41) is 0. The highest BCUT2D eigenvalue weighted by Crippen LogP contribution is 2.24. The molecule has 0 bridgehead atoms. The highest BCUT2D eigenvalue weighted by molar-refractivity contribution is 5.76. The zero-order valence-electron chi connectivity index (χ0n) is 8.27. The van der Waals surface area contributed by atoms with Gasteiger partial charge in [0, 0.05) is 0 Å². The van der Waals surface area contributed by atoms with Gasteiger partial charge in [0.1, 0.15) is 0 Å². The maximum absolute atomic E-state index is 11.7. The Hall–Kier alpha value is -0.780. The minimum atomic E-state index is -4.72. The molecule has 0 aromatic heterocycles. The molecule has 0 aliphatic heterocycles. The summed E-state index contributed by atoms with van der Waals surface area (Å²) in [7, 11) is 0. The van der Waals surface area contributed by atoms with E-state index in [1.807, 2.05) is 0 Å². The first-order valence-corrected chi connectivity index (χ1v) is 4.07. The minimum Gasteiger partial charge on any atom is -0.466 e. The zero-order chi connectivity index (χ0) is 11.4. The van der Waals surface area contributed by atoms with E-state index in [9.17, 15) is 18.0 Å². The van der Waals surface area contributed by atoms with Crippen LogP contribution in [0.25, 0.3) is 0 Å². The van der Waals surface area contributed by atoms with Crippen molar-refractivity contribution in [1.29, 1.82) is 0 Å². The average molecular weight is 214 g/mol. The van der Waals surface area contributed by atoms with Gasteiger partial charge in [-0.2, -0.15) is 0 Å². The van der Waals surface area contributed by atoms with Gasteiger partial charge in [0.15, 0.2) is 0 Å². The van der Waals surface area contributed by atoms with Crippen LogP contribution < -0.4 is 0 Å². The molecule has 0 aliphatic rings. The number of halogens is 3. The lowest BCUT2D eigenvalue weighted by Crippen LogP contribution is -2.34. The van der Waals surface area contributed by atoms with Crippen molar-refractivity contribution in [2.45, 2.75) is 27.1 Å². The van der Waals surface area contributed by atoms with Crippen LogP contribution in [0.3, 0.4) is 0 Å². The monoisotopic (exact) mass is 214 g/mol. The summed E-state index contributed by atoms with van der Waals surface area (Å²) in [6, 6.07) is 0. The average Bonchev–Trinajstić information content (AvgIpc) is 2.00. The SMILES string of the molecule is CCOC(=O)C(C)(C)COC(F)(F)F. The molecule has 0 aliphatic carbocycles. The first-order valence-electron chi connectivity index (χ1n) is 4.07. The fourth-order valence-electron chi connectivity index (χ4n) is 0.648. The highest BCUT2D eigenvalue weighted by Gasteiger charge is 2.37. The number of alkyl halides is 3. The lowest BCUT2D eigenvalue weighted by molar-refractivity contribution is -0.331. The van der Waals surface area contributed by atoms with E-state index in [-0.39, 0.29) is 6.61 Å². The Morgan fingerprint density at radius 2 is 1.79 bits per heavy atom. The van der Waals surface area contributed by atoms with Crippen molar-refractivity contribution < 1.29 is 27.4 Å². The highest BCUT2D eigenvalue weighted by atomic mass is 19.4. The molecule has 0 saturated heterocycles. The molecule has 14 heavy (non-hydrogen) atoms. The first kappa shape index (κ1) is 13.2. The van der Waals surface area contributed by atoms with E-state index < -0.39 is 24.4 Å². The molecule has 0 fully saturated rings. The van der Waals surface area contributed by atoms with Crippen molar-refractivity contribution in [3.05, 3.63) is 0 Å². The van der Waals surface area contributed by atoms with Crippen LogP contribution in [0.5, 0.6) is 0 Å². The number of carbonyl (C=O) groups excluding carboxylic acids is 1. The quantitative estimate of drug-likeness (QED) is 0.672. The van der Waals surface area contributed by atoms with Crippen LogP contribution in [0.1, 0.15) is 20.8 Å². The minimum absolute atomic E-state index is 0.133. The molecule has 6 heteroatoms. The predicted molar refractivity (Wildman–Crippen MR) is 42.4 cm³/mol. The number of hydrogen-bond acceptors (Lipinski definition) is 3. The van der Waals surface area contributed by atoms with Crippen molar-refractivity contribution >= 4 is 5.97 Å². The summed E-state index contributed by atoms with van der Waals surface area (Å²) in [5.74, 6) is -0.704. The third-order valence-corrected chi connectivity index (χ3v) is 1.42. The molecule has 0 atom stereocenters. The number of hydrogen-bond donors (Lipinski definition) is 0. The van der Waals surface area contributed by atoms with E-state index in [1.165, 1.54) is 13.8 Å². The molecule has 0 N–H and O–H groups in total. The van der Waals surface area contributed by atoms with Crippen LogP contribution >= 0.6 is 0 Å². The largest absolute Gasteiger partial charge is 0.522 e. The van der Waals surface area contributed by atoms with Crippen LogP contribution in [0.2, 0.25) is 0 Å². The third kappa shape index (κ3) is 5.06. The van der Waals surface area contributed by atoms with E-state index in [4.69, 9.17) is 0 Å². The molecule has 0 amide bonds. The van der Waals surface area contributed by atoms with E-state index in [0.717, 1.165) is 0 Å². The maximum Gasteiger partial charge on any atom is 0.522 e. The van der Waals surface area contributed by atoms with Crippen molar-refractivity contribution in [2.24, 2.45) is 5.41 Å². The molecular formula is C8H13F3O3. The first-order chi connectivity index (χ1) is 6.19. The Balaban J connectivity index is 4.13. The molecule has 0 unspecified atom stereocenters. The molecule has 0 spiro atoms. The summed E-state index contributed by atoms with van der Waals surface area (Å²) >= 11 is 0. The molecule has 0 radical (unpaired) electrons. The lowest BCUT2D eigenvalue weighted by Gasteiger charge is -2.22. The van der Waals surface area contributed by atoms with Crippen LogP contribution in [-0.4, -0.2) is 25.5 Å². The predicted octanol–water partition coefficient (Wildman–Crippen LogP) is 2.11. The number of rotatable bonds is 4. The number of carbonyl (C=O) groups is 1. The fraction of sp³-hybridized carbons (Fsp3) is 0.875. The summed E-state index contributed by atoms with van der Waals surface area (Å²) < 4.78 is 43.1. The molecule has 84 valence electrons. The third-order valence-electron chi connectivity index (χ3n) is 1.42. The van der Waals surface area contributed by atoms with Gasteiger partial charge in [-0.1, -0.05) is 0 Å². The molecule has 0 rings (SSSR count). The van der Waals surface area contributed by atoms with Crippen molar-refractivity contribution in [3.8, 4) is 0 Å². The Morgan fingerprint density at radius 1 is 1.29 bits per heavy atom. The number of ether oxygens (including phenoxy) is 2. The maximum atomic E-state index is 11.7. The smallest absolute Gasteiger partial charge is 0.466 e. The van der Waals surface area contributed by atoms with Crippen LogP contribution in [0, 0.1) is 5.41 Å².